The van der Waals surface area contributed by atoms with Gasteiger partial charge in [-0.3, -0.25) is 14.4 Å². The zero-order chi connectivity index (χ0) is 17.8. The number of halogens is 2. The van der Waals surface area contributed by atoms with Gasteiger partial charge in [0, 0.05) is 13.8 Å². The summed E-state index contributed by atoms with van der Waals surface area (Å²) in [6, 6.07) is 8.47. The normalized spacial score (nSPS) is 13.1. The molecule has 5 nitrogen and oxygen atoms in total. The maximum atomic E-state index is 12.7. The van der Waals surface area contributed by atoms with E-state index in [2.05, 4.69) is 5.32 Å². The van der Waals surface area contributed by atoms with Crippen LogP contribution in [0.1, 0.15) is 39.4 Å². The average molecular weight is 360 g/mol. The van der Waals surface area contributed by atoms with Crippen LogP contribution in [0.4, 0.5) is 0 Å². The summed E-state index contributed by atoms with van der Waals surface area (Å²) in [4.78, 5) is 35.4. The van der Waals surface area contributed by atoms with Crippen molar-refractivity contribution in [3.05, 3.63) is 35.9 Å². The van der Waals surface area contributed by atoms with Crippen LogP contribution in [0.25, 0.3) is 0 Å². The molecule has 1 N–H and O–H groups in total. The summed E-state index contributed by atoms with van der Waals surface area (Å²) in [6.07, 6.45) is -1.20. The van der Waals surface area contributed by atoms with Crippen molar-refractivity contribution in [2.45, 2.75) is 43.7 Å². The van der Waals surface area contributed by atoms with Crippen LogP contribution in [0.5, 0.6) is 0 Å². The van der Waals surface area contributed by atoms with Crippen molar-refractivity contribution >= 4 is 40.9 Å². The molecule has 0 aliphatic carbocycles. The highest BCUT2D eigenvalue weighted by Gasteiger charge is 2.51. The number of ether oxygens (including phenoxy) is 1. The molecule has 23 heavy (non-hydrogen) atoms. The van der Waals surface area contributed by atoms with Gasteiger partial charge in [-0.2, -0.15) is 0 Å². The van der Waals surface area contributed by atoms with Gasteiger partial charge in [-0.25, -0.2) is 0 Å². The van der Waals surface area contributed by atoms with Crippen LogP contribution in [0, 0.1) is 0 Å². The first-order chi connectivity index (χ1) is 10.5. The number of carbonyl (C=O) groups is 3. The van der Waals surface area contributed by atoms with Crippen LogP contribution >= 0.6 is 23.2 Å². The number of carbonyl (C=O) groups excluding carboxylic acids is 3. The van der Waals surface area contributed by atoms with Crippen LogP contribution in [0.3, 0.4) is 0 Å². The first kappa shape index (κ1) is 19.5. The molecule has 0 aliphatic rings. The van der Waals surface area contributed by atoms with Crippen molar-refractivity contribution in [3.63, 3.8) is 0 Å². The lowest BCUT2D eigenvalue weighted by Crippen LogP contribution is -2.56. The minimum atomic E-state index is -2.07. The molecule has 0 heterocycles. The molecule has 1 aromatic carbocycles. The highest BCUT2D eigenvalue weighted by molar-refractivity contribution is 6.59. The van der Waals surface area contributed by atoms with Crippen molar-refractivity contribution in [2.75, 3.05) is 0 Å². The molecule has 7 heteroatoms. The Morgan fingerprint density at radius 3 is 2.04 bits per heavy atom. The van der Waals surface area contributed by atoms with E-state index in [1.54, 1.807) is 30.3 Å². The average Bonchev–Trinajstić information content (AvgIpc) is 2.43. The van der Waals surface area contributed by atoms with Gasteiger partial charge in [0.05, 0.1) is 5.54 Å². The summed E-state index contributed by atoms with van der Waals surface area (Å²) in [5, 5.41) is 2.49. The van der Waals surface area contributed by atoms with Gasteiger partial charge in [-0.1, -0.05) is 53.5 Å². The quantitative estimate of drug-likeness (QED) is 0.625. The number of rotatable bonds is 6. The van der Waals surface area contributed by atoms with E-state index in [1.807, 2.05) is 0 Å². The van der Waals surface area contributed by atoms with Gasteiger partial charge in [0.2, 0.25) is 10.2 Å². The Hall–Kier alpha value is -1.59. The molecule has 1 atom stereocenters. The monoisotopic (exact) mass is 359 g/mol. The van der Waals surface area contributed by atoms with E-state index in [0.29, 0.717) is 5.56 Å². The number of Topliss-reactive ketones (excluding diaryl/α,β-unsaturated/α-hetero) is 1. The van der Waals surface area contributed by atoms with E-state index in [-0.39, 0.29) is 0 Å². The maximum Gasteiger partial charge on any atom is 0.303 e. The van der Waals surface area contributed by atoms with Crippen LogP contribution in [-0.4, -0.2) is 27.5 Å². The number of esters is 1. The minimum Gasteiger partial charge on any atom is -0.454 e. The maximum absolute atomic E-state index is 12.7. The minimum absolute atomic E-state index is 0.406. The van der Waals surface area contributed by atoms with Gasteiger partial charge in [0.25, 0.3) is 0 Å². The Balaban J connectivity index is 3.24. The molecular weight excluding hydrogens is 341 g/mol. The Morgan fingerprint density at radius 2 is 1.61 bits per heavy atom. The van der Waals surface area contributed by atoms with E-state index in [1.165, 1.54) is 27.7 Å². The standard InChI is InChI=1S/C16H19Cl2NO4/c1-10(20)19-15(3,4)14(22)16(17,18)13(23-11(2)21)12-8-6-5-7-9-12/h5-9,13H,1-4H3,(H,19,20). The Kier molecular flexibility index (Phi) is 6.19. The molecule has 0 aromatic heterocycles. The molecule has 0 fully saturated rings. The molecule has 0 bridgehead atoms. The van der Waals surface area contributed by atoms with Crippen molar-refractivity contribution < 1.29 is 19.1 Å². The summed E-state index contributed by atoms with van der Waals surface area (Å²) in [7, 11) is 0. The Bertz CT molecular complexity index is 599. The molecule has 1 unspecified atom stereocenters. The van der Waals surface area contributed by atoms with Gasteiger partial charge < -0.3 is 10.1 Å². The van der Waals surface area contributed by atoms with Gasteiger partial charge in [0.15, 0.2) is 11.9 Å². The van der Waals surface area contributed by atoms with E-state index in [9.17, 15) is 14.4 Å². The molecule has 1 rings (SSSR count). The van der Waals surface area contributed by atoms with Crippen LogP contribution < -0.4 is 5.32 Å². The van der Waals surface area contributed by atoms with Crippen LogP contribution in [0.2, 0.25) is 0 Å². The fourth-order valence-electron chi connectivity index (χ4n) is 2.18. The van der Waals surface area contributed by atoms with Gasteiger partial charge in [-0.15, -0.1) is 0 Å². The molecular formula is C16H19Cl2NO4. The van der Waals surface area contributed by atoms with Crippen LogP contribution in [0.15, 0.2) is 30.3 Å². The van der Waals surface area contributed by atoms with Gasteiger partial charge >= 0.3 is 5.97 Å². The number of alkyl halides is 2. The highest BCUT2D eigenvalue weighted by atomic mass is 35.5. The predicted octanol–water partition coefficient (Wildman–Crippen LogP) is 2.95. The lowest BCUT2D eigenvalue weighted by atomic mass is 9.91. The number of amides is 1. The second-order valence-corrected chi connectivity index (χ2v) is 7.04. The van der Waals surface area contributed by atoms with E-state index < -0.39 is 33.6 Å². The fraction of sp³-hybridized carbons (Fsp3) is 0.438. The third-order valence-corrected chi connectivity index (χ3v) is 3.81. The van der Waals surface area contributed by atoms with E-state index in [0.717, 1.165) is 0 Å². The second-order valence-electron chi connectivity index (χ2n) is 5.66. The fourth-order valence-corrected chi connectivity index (χ4v) is 2.99. The largest absolute Gasteiger partial charge is 0.454 e. The summed E-state index contributed by atoms with van der Waals surface area (Å²) in [6.45, 7) is 5.43. The molecule has 0 saturated heterocycles. The molecule has 0 spiro atoms. The zero-order valence-electron chi connectivity index (χ0n) is 13.4. The number of hydrogen-bond donors (Lipinski definition) is 1. The summed E-state index contributed by atoms with van der Waals surface area (Å²) < 4.78 is 3.12. The number of hydrogen-bond acceptors (Lipinski definition) is 4. The summed E-state index contributed by atoms with van der Waals surface area (Å²) >= 11 is 12.6. The molecule has 126 valence electrons. The SMILES string of the molecule is CC(=O)NC(C)(C)C(=O)C(Cl)(Cl)C(OC(C)=O)c1ccccc1. The lowest BCUT2D eigenvalue weighted by molar-refractivity contribution is -0.149. The third kappa shape index (κ3) is 4.94. The van der Waals surface area contributed by atoms with Gasteiger partial charge in [0.1, 0.15) is 0 Å². The first-order valence-electron chi connectivity index (χ1n) is 6.92. The summed E-state index contributed by atoms with van der Waals surface area (Å²) in [5.41, 5.74) is -0.859. The number of benzene rings is 1. The van der Waals surface area contributed by atoms with Crippen molar-refractivity contribution in [1.29, 1.82) is 0 Å². The Labute approximate surface area is 145 Å². The topological polar surface area (TPSA) is 72.5 Å². The molecule has 0 radical (unpaired) electrons. The number of nitrogens with one attached hydrogen (secondary N) is 1. The van der Waals surface area contributed by atoms with E-state index >= 15 is 0 Å². The zero-order valence-corrected chi connectivity index (χ0v) is 14.9. The van der Waals surface area contributed by atoms with Crippen molar-refractivity contribution in [2.24, 2.45) is 0 Å². The lowest BCUT2D eigenvalue weighted by Gasteiger charge is -2.35. The van der Waals surface area contributed by atoms with E-state index in [4.69, 9.17) is 27.9 Å². The van der Waals surface area contributed by atoms with Crippen molar-refractivity contribution in [3.8, 4) is 0 Å². The second kappa shape index (κ2) is 7.32. The molecule has 1 aromatic rings. The third-order valence-electron chi connectivity index (χ3n) is 3.07. The number of ketones is 1. The van der Waals surface area contributed by atoms with Crippen LogP contribution in [-0.2, 0) is 19.1 Å². The predicted molar refractivity (Wildman–Crippen MR) is 88.3 cm³/mol. The van der Waals surface area contributed by atoms with Crippen molar-refractivity contribution in [1.82, 2.24) is 5.32 Å². The molecule has 0 aliphatic heterocycles. The summed E-state index contributed by atoms with van der Waals surface area (Å²) in [5.74, 6) is -1.72. The van der Waals surface area contributed by atoms with Gasteiger partial charge in [-0.05, 0) is 19.4 Å². The molecule has 0 saturated carbocycles. The Morgan fingerprint density at radius 1 is 1.09 bits per heavy atom. The first-order valence-corrected chi connectivity index (χ1v) is 7.67. The highest BCUT2D eigenvalue weighted by Crippen LogP contribution is 2.42. The smallest absolute Gasteiger partial charge is 0.303 e. The molecule has 1 amide bonds.